The molecule has 0 amide bonds. The van der Waals surface area contributed by atoms with E-state index in [0.717, 1.165) is 25.5 Å². The molecule has 7 heteroatoms. The van der Waals surface area contributed by atoms with E-state index in [2.05, 4.69) is 46.4 Å². The summed E-state index contributed by atoms with van der Waals surface area (Å²) in [5, 5.41) is 3.37. The van der Waals surface area contributed by atoms with E-state index in [4.69, 9.17) is 10.6 Å². The Hall–Kier alpha value is -1.44. The Bertz CT molecular complexity index is 396. The van der Waals surface area contributed by atoms with Gasteiger partial charge in [-0.05, 0) is 20.0 Å². The van der Waals surface area contributed by atoms with Gasteiger partial charge in [-0.3, -0.25) is 0 Å². The molecule has 0 saturated carbocycles. The first-order valence-corrected chi connectivity index (χ1v) is 6.95. The Balaban J connectivity index is 2.72. The Morgan fingerprint density at radius 2 is 1.95 bits per heavy atom. The van der Waals surface area contributed by atoms with Crippen molar-refractivity contribution in [3.63, 3.8) is 0 Å². The summed E-state index contributed by atoms with van der Waals surface area (Å²) in [5.41, 5.74) is 2.55. The number of nitrogens with one attached hydrogen (secondary N) is 2. The monoisotopic (exact) mass is 282 g/mol. The second kappa shape index (κ2) is 8.68. The van der Waals surface area contributed by atoms with Crippen LogP contribution < -0.4 is 16.6 Å². The lowest BCUT2D eigenvalue weighted by molar-refractivity contribution is 0.178. The summed E-state index contributed by atoms with van der Waals surface area (Å²) in [6.07, 6.45) is 0. The van der Waals surface area contributed by atoms with Crippen molar-refractivity contribution in [1.29, 1.82) is 0 Å². The summed E-state index contributed by atoms with van der Waals surface area (Å²) in [5.74, 6) is 7.34. The number of hydrazine groups is 1. The van der Waals surface area contributed by atoms with Crippen LogP contribution in [0.4, 0.5) is 11.6 Å². The predicted molar refractivity (Wildman–Crippen MR) is 81.4 cm³/mol. The van der Waals surface area contributed by atoms with Crippen molar-refractivity contribution in [2.75, 3.05) is 37.5 Å². The van der Waals surface area contributed by atoms with Gasteiger partial charge in [0.05, 0.1) is 0 Å². The molecule has 20 heavy (non-hydrogen) atoms. The van der Waals surface area contributed by atoms with Crippen LogP contribution in [0.2, 0.25) is 0 Å². The molecule has 0 radical (unpaired) electrons. The van der Waals surface area contributed by atoms with Crippen molar-refractivity contribution in [3.8, 4) is 0 Å². The highest BCUT2D eigenvalue weighted by atomic mass is 16.5. The van der Waals surface area contributed by atoms with Gasteiger partial charge in [0.15, 0.2) is 5.82 Å². The third-order valence-corrected chi connectivity index (χ3v) is 3.01. The molecule has 0 aliphatic rings. The molecule has 1 aromatic rings. The molecule has 0 saturated heterocycles. The van der Waals surface area contributed by atoms with E-state index in [-0.39, 0.29) is 6.04 Å². The molecule has 0 aliphatic heterocycles. The predicted octanol–water partition coefficient (Wildman–Crippen LogP) is 1.05. The van der Waals surface area contributed by atoms with Gasteiger partial charge in [-0.2, -0.15) is 0 Å². The number of nitrogen functional groups attached to an aromatic ring is 1. The maximum atomic E-state index is 5.42. The Labute approximate surface area is 120 Å². The standard InChI is InChI=1S/C13H26N6O/c1-5-19(6-2)8-10(3)15-11-7-12(18-14)17-13(16-11)9-20-4/h7,10H,5-6,8-9,14H2,1-4H3,(H2,15,16,17,18). The first-order valence-electron chi connectivity index (χ1n) is 6.95. The van der Waals surface area contributed by atoms with Crippen molar-refractivity contribution >= 4 is 11.6 Å². The van der Waals surface area contributed by atoms with Crippen LogP contribution in [0.5, 0.6) is 0 Å². The SMILES string of the molecule is CCN(CC)CC(C)Nc1cc(NN)nc(COC)n1. The van der Waals surface area contributed by atoms with Gasteiger partial charge < -0.3 is 20.4 Å². The van der Waals surface area contributed by atoms with Gasteiger partial charge >= 0.3 is 0 Å². The number of nitrogens with zero attached hydrogens (tertiary/aromatic N) is 3. The third-order valence-electron chi connectivity index (χ3n) is 3.01. The second-order valence-corrected chi connectivity index (χ2v) is 4.66. The van der Waals surface area contributed by atoms with E-state index in [1.165, 1.54) is 0 Å². The minimum atomic E-state index is 0.283. The number of hydrogen-bond donors (Lipinski definition) is 3. The second-order valence-electron chi connectivity index (χ2n) is 4.66. The van der Waals surface area contributed by atoms with E-state index < -0.39 is 0 Å². The topological polar surface area (TPSA) is 88.3 Å². The number of methoxy groups -OCH3 is 1. The summed E-state index contributed by atoms with van der Waals surface area (Å²) >= 11 is 0. The van der Waals surface area contributed by atoms with Gasteiger partial charge in [-0.1, -0.05) is 13.8 Å². The third kappa shape index (κ3) is 5.28. The van der Waals surface area contributed by atoms with Crippen LogP contribution in [-0.2, 0) is 11.3 Å². The van der Waals surface area contributed by atoms with Crippen molar-refractivity contribution in [2.45, 2.75) is 33.4 Å². The van der Waals surface area contributed by atoms with Crippen molar-refractivity contribution in [1.82, 2.24) is 14.9 Å². The average molecular weight is 282 g/mol. The minimum absolute atomic E-state index is 0.283. The van der Waals surface area contributed by atoms with Crippen LogP contribution in [0.25, 0.3) is 0 Å². The number of nitrogens with two attached hydrogens (primary N) is 1. The molecule has 4 N–H and O–H groups in total. The van der Waals surface area contributed by atoms with Gasteiger partial charge in [0.2, 0.25) is 0 Å². The quantitative estimate of drug-likeness (QED) is 0.461. The Kier molecular flexibility index (Phi) is 7.21. The molecular weight excluding hydrogens is 256 g/mol. The summed E-state index contributed by atoms with van der Waals surface area (Å²) in [6, 6.07) is 2.07. The van der Waals surface area contributed by atoms with Crippen molar-refractivity contribution in [2.24, 2.45) is 5.84 Å². The molecule has 1 atom stereocenters. The number of aromatic nitrogens is 2. The van der Waals surface area contributed by atoms with Gasteiger partial charge in [-0.25, -0.2) is 15.8 Å². The largest absolute Gasteiger partial charge is 0.377 e. The molecule has 0 fully saturated rings. The average Bonchev–Trinajstić information content (AvgIpc) is 2.44. The highest BCUT2D eigenvalue weighted by Crippen LogP contribution is 2.12. The van der Waals surface area contributed by atoms with Crippen molar-refractivity contribution < 1.29 is 4.74 Å². The van der Waals surface area contributed by atoms with Gasteiger partial charge in [0.25, 0.3) is 0 Å². The summed E-state index contributed by atoms with van der Waals surface area (Å²) in [7, 11) is 1.61. The van der Waals surface area contributed by atoms with Crippen molar-refractivity contribution in [3.05, 3.63) is 11.9 Å². The van der Waals surface area contributed by atoms with Crippen LogP contribution >= 0.6 is 0 Å². The van der Waals surface area contributed by atoms with Gasteiger partial charge in [0, 0.05) is 25.8 Å². The molecular formula is C13H26N6O. The van der Waals surface area contributed by atoms with E-state index in [1.807, 2.05) is 0 Å². The molecule has 7 nitrogen and oxygen atoms in total. The van der Waals surface area contributed by atoms with Gasteiger partial charge in [0.1, 0.15) is 18.2 Å². The molecule has 1 rings (SSSR count). The first kappa shape index (κ1) is 16.6. The number of likely N-dealkylation sites (N-methyl/N-ethyl adjacent to an activating group) is 1. The number of ether oxygens (including phenoxy) is 1. The van der Waals surface area contributed by atoms with Crippen LogP contribution in [0.15, 0.2) is 6.07 Å². The number of rotatable bonds is 9. The first-order chi connectivity index (χ1) is 9.62. The molecule has 0 spiro atoms. The highest BCUT2D eigenvalue weighted by Gasteiger charge is 2.10. The summed E-state index contributed by atoms with van der Waals surface area (Å²) in [6.45, 7) is 9.85. The van der Waals surface area contributed by atoms with E-state index in [0.29, 0.717) is 18.2 Å². The lowest BCUT2D eigenvalue weighted by Crippen LogP contribution is -2.35. The molecule has 0 bridgehead atoms. The zero-order valence-corrected chi connectivity index (χ0v) is 12.8. The molecule has 1 unspecified atom stereocenters. The van der Waals surface area contributed by atoms with Crippen LogP contribution in [-0.4, -0.2) is 47.7 Å². The van der Waals surface area contributed by atoms with E-state index >= 15 is 0 Å². The highest BCUT2D eigenvalue weighted by molar-refractivity contribution is 5.47. The minimum Gasteiger partial charge on any atom is -0.377 e. The van der Waals surface area contributed by atoms with Gasteiger partial charge in [-0.15, -0.1) is 0 Å². The number of hydrogen-bond acceptors (Lipinski definition) is 7. The Morgan fingerprint density at radius 3 is 2.50 bits per heavy atom. The maximum absolute atomic E-state index is 5.42. The number of anilines is 2. The zero-order chi connectivity index (χ0) is 15.0. The molecule has 1 aromatic heterocycles. The van der Waals surface area contributed by atoms with Crippen LogP contribution in [0, 0.1) is 0 Å². The normalized spacial score (nSPS) is 12.5. The van der Waals surface area contributed by atoms with Crippen LogP contribution in [0.1, 0.15) is 26.6 Å². The van der Waals surface area contributed by atoms with E-state index in [1.54, 1.807) is 13.2 Å². The molecule has 0 aliphatic carbocycles. The fraction of sp³-hybridized carbons (Fsp3) is 0.692. The summed E-state index contributed by atoms with van der Waals surface area (Å²) < 4.78 is 5.06. The lowest BCUT2D eigenvalue weighted by Gasteiger charge is -2.24. The van der Waals surface area contributed by atoms with E-state index in [9.17, 15) is 0 Å². The molecule has 1 heterocycles. The molecule has 114 valence electrons. The zero-order valence-electron chi connectivity index (χ0n) is 12.8. The fourth-order valence-corrected chi connectivity index (χ4v) is 2.01. The fourth-order valence-electron chi connectivity index (χ4n) is 2.01. The Morgan fingerprint density at radius 1 is 1.30 bits per heavy atom. The van der Waals surface area contributed by atoms with Crippen LogP contribution in [0.3, 0.4) is 0 Å². The molecule has 0 aromatic carbocycles. The summed E-state index contributed by atoms with van der Waals surface area (Å²) in [4.78, 5) is 11.0. The lowest BCUT2D eigenvalue weighted by atomic mass is 10.3. The maximum Gasteiger partial charge on any atom is 0.158 e. The smallest absolute Gasteiger partial charge is 0.158 e.